The maximum atomic E-state index is 14.2. The summed E-state index contributed by atoms with van der Waals surface area (Å²) in [4.78, 5) is 0. The van der Waals surface area contributed by atoms with Crippen LogP contribution in [0, 0.1) is 18.6 Å². The molecule has 0 heterocycles. The molecule has 1 atom stereocenters. The van der Waals surface area contributed by atoms with Crippen LogP contribution in [-0.2, 0) is 6.42 Å². The van der Waals surface area contributed by atoms with Crippen LogP contribution < -0.4 is 11.3 Å². The van der Waals surface area contributed by atoms with Crippen molar-refractivity contribution in [2.75, 3.05) is 0 Å². The number of nitrogens with one attached hydrogen (secondary N) is 1. The highest BCUT2D eigenvalue weighted by Gasteiger charge is 2.22. The van der Waals surface area contributed by atoms with Crippen molar-refractivity contribution in [3.63, 3.8) is 0 Å². The summed E-state index contributed by atoms with van der Waals surface area (Å²) in [5.74, 6) is 4.35. The molecule has 0 aromatic heterocycles. The number of hydrogen-bond donors (Lipinski definition) is 2. The average Bonchev–Trinajstić information content (AvgIpc) is 2.48. The lowest BCUT2D eigenvalue weighted by atomic mass is 9.95. The van der Waals surface area contributed by atoms with E-state index in [2.05, 4.69) is 5.43 Å². The molecule has 0 radical (unpaired) electrons. The van der Waals surface area contributed by atoms with Crippen LogP contribution in [0.2, 0.25) is 0 Å². The number of rotatable bonds is 4. The second kappa shape index (κ2) is 6.11. The first-order chi connectivity index (χ1) is 9.58. The first-order valence-corrected chi connectivity index (χ1v) is 6.58. The standard InChI is InChI=1S/C16H18F2N2/c1-3-11-5-7-12(8-6-11)16(20-19)14-13(17)9-4-10(2)15(14)18/h4-9,16,20H,3,19H2,1-2H3. The Kier molecular flexibility index (Phi) is 4.47. The van der Waals surface area contributed by atoms with Gasteiger partial charge in [-0.3, -0.25) is 5.84 Å². The fourth-order valence-electron chi connectivity index (χ4n) is 2.23. The number of benzene rings is 2. The maximum absolute atomic E-state index is 14.2. The van der Waals surface area contributed by atoms with E-state index in [0.29, 0.717) is 5.56 Å². The Morgan fingerprint density at radius 3 is 2.30 bits per heavy atom. The molecule has 1 unspecified atom stereocenters. The molecule has 20 heavy (non-hydrogen) atoms. The van der Waals surface area contributed by atoms with E-state index in [0.717, 1.165) is 17.5 Å². The Balaban J connectivity index is 2.49. The smallest absolute Gasteiger partial charge is 0.134 e. The summed E-state index contributed by atoms with van der Waals surface area (Å²) in [6.07, 6.45) is 0.911. The molecule has 0 aliphatic heterocycles. The molecule has 0 spiro atoms. The zero-order chi connectivity index (χ0) is 14.7. The molecule has 0 aliphatic carbocycles. The SMILES string of the molecule is CCc1ccc(C(NN)c2c(F)ccc(C)c2F)cc1. The van der Waals surface area contributed by atoms with E-state index < -0.39 is 17.7 Å². The van der Waals surface area contributed by atoms with Crippen molar-refractivity contribution in [2.24, 2.45) is 5.84 Å². The molecule has 0 fully saturated rings. The lowest BCUT2D eigenvalue weighted by Crippen LogP contribution is -2.30. The van der Waals surface area contributed by atoms with Gasteiger partial charge in [0.2, 0.25) is 0 Å². The third-order valence-corrected chi connectivity index (χ3v) is 3.50. The van der Waals surface area contributed by atoms with E-state index in [1.165, 1.54) is 12.1 Å². The molecule has 0 saturated carbocycles. The van der Waals surface area contributed by atoms with Crippen molar-refractivity contribution >= 4 is 0 Å². The molecule has 0 saturated heterocycles. The van der Waals surface area contributed by atoms with Crippen molar-refractivity contribution < 1.29 is 8.78 Å². The van der Waals surface area contributed by atoms with Crippen LogP contribution in [-0.4, -0.2) is 0 Å². The molecule has 0 amide bonds. The van der Waals surface area contributed by atoms with Crippen molar-refractivity contribution in [3.8, 4) is 0 Å². The van der Waals surface area contributed by atoms with Crippen LogP contribution in [0.3, 0.4) is 0 Å². The van der Waals surface area contributed by atoms with Crippen LogP contribution in [0.4, 0.5) is 8.78 Å². The normalized spacial score (nSPS) is 12.4. The maximum Gasteiger partial charge on any atom is 0.134 e. The van der Waals surface area contributed by atoms with Gasteiger partial charge < -0.3 is 0 Å². The summed E-state index contributed by atoms with van der Waals surface area (Å²) in [5, 5.41) is 0. The zero-order valence-electron chi connectivity index (χ0n) is 11.6. The van der Waals surface area contributed by atoms with Gasteiger partial charge in [-0.2, -0.15) is 0 Å². The molecule has 2 rings (SSSR count). The first-order valence-electron chi connectivity index (χ1n) is 6.58. The van der Waals surface area contributed by atoms with Gasteiger partial charge in [0.15, 0.2) is 0 Å². The number of halogens is 2. The van der Waals surface area contributed by atoms with E-state index in [4.69, 9.17) is 5.84 Å². The molecule has 3 N–H and O–H groups in total. The van der Waals surface area contributed by atoms with Crippen LogP contribution in [0.15, 0.2) is 36.4 Å². The van der Waals surface area contributed by atoms with E-state index >= 15 is 0 Å². The van der Waals surface area contributed by atoms with Gasteiger partial charge in [-0.1, -0.05) is 37.3 Å². The Morgan fingerprint density at radius 2 is 1.75 bits per heavy atom. The number of hydrazine groups is 1. The Bertz CT molecular complexity index is 594. The second-order valence-corrected chi connectivity index (χ2v) is 4.79. The molecule has 2 aromatic rings. The van der Waals surface area contributed by atoms with Gasteiger partial charge in [0.1, 0.15) is 11.6 Å². The monoisotopic (exact) mass is 276 g/mol. The predicted octanol–water partition coefficient (Wildman–Crippen LogP) is 3.39. The highest BCUT2D eigenvalue weighted by atomic mass is 19.1. The van der Waals surface area contributed by atoms with E-state index in [9.17, 15) is 8.78 Å². The topological polar surface area (TPSA) is 38.0 Å². The molecule has 0 aliphatic rings. The van der Waals surface area contributed by atoms with Crippen LogP contribution >= 0.6 is 0 Å². The summed E-state index contributed by atoms with van der Waals surface area (Å²) in [7, 11) is 0. The van der Waals surface area contributed by atoms with Crippen LogP contribution in [0.5, 0.6) is 0 Å². The Morgan fingerprint density at radius 1 is 1.10 bits per heavy atom. The van der Waals surface area contributed by atoms with Crippen LogP contribution in [0.25, 0.3) is 0 Å². The minimum atomic E-state index is -0.708. The third kappa shape index (κ3) is 2.71. The number of nitrogens with two attached hydrogens (primary N) is 1. The average molecular weight is 276 g/mol. The third-order valence-electron chi connectivity index (χ3n) is 3.50. The molecule has 106 valence electrons. The summed E-state index contributed by atoms with van der Waals surface area (Å²) in [6, 6.07) is 9.52. The van der Waals surface area contributed by atoms with Crippen molar-refractivity contribution in [1.82, 2.24) is 5.43 Å². The largest absolute Gasteiger partial charge is 0.271 e. The summed E-state index contributed by atoms with van der Waals surface area (Å²) >= 11 is 0. The van der Waals surface area contributed by atoms with Gasteiger partial charge >= 0.3 is 0 Å². The molecule has 2 nitrogen and oxygen atoms in total. The van der Waals surface area contributed by atoms with E-state index in [1.807, 2.05) is 31.2 Å². The highest BCUT2D eigenvalue weighted by Crippen LogP contribution is 2.28. The van der Waals surface area contributed by atoms with Crippen molar-refractivity contribution in [1.29, 1.82) is 0 Å². The van der Waals surface area contributed by atoms with Gasteiger partial charge in [0, 0.05) is 5.56 Å². The minimum Gasteiger partial charge on any atom is -0.271 e. The summed E-state index contributed by atoms with van der Waals surface area (Å²) in [6.45, 7) is 3.65. The molecule has 4 heteroatoms. The Labute approximate surface area is 117 Å². The van der Waals surface area contributed by atoms with Gasteiger partial charge in [-0.15, -0.1) is 0 Å². The number of hydrogen-bond acceptors (Lipinski definition) is 2. The fraction of sp³-hybridized carbons (Fsp3) is 0.250. The van der Waals surface area contributed by atoms with Crippen molar-refractivity contribution in [2.45, 2.75) is 26.3 Å². The minimum absolute atomic E-state index is 0.0447. The second-order valence-electron chi connectivity index (χ2n) is 4.79. The first kappa shape index (κ1) is 14.6. The Hall–Kier alpha value is -1.78. The van der Waals surface area contributed by atoms with Gasteiger partial charge in [0.05, 0.1) is 6.04 Å². The van der Waals surface area contributed by atoms with Gasteiger partial charge in [0.25, 0.3) is 0 Å². The predicted molar refractivity (Wildman–Crippen MR) is 76.1 cm³/mol. The number of aryl methyl sites for hydroxylation is 2. The molecular formula is C16H18F2N2. The van der Waals surface area contributed by atoms with E-state index in [1.54, 1.807) is 6.92 Å². The summed E-state index contributed by atoms with van der Waals surface area (Å²) in [5.41, 5.74) is 4.74. The van der Waals surface area contributed by atoms with Crippen LogP contribution in [0.1, 0.15) is 35.2 Å². The lowest BCUT2D eigenvalue weighted by molar-refractivity contribution is 0.506. The van der Waals surface area contributed by atoms with E-state index in [-0.39, 0.29) is 5.56 Å². The molecule has 2 aromatic carbocycles. The van der Waals surface area contributed by atoms with Gasteiger partial charge in [-0.25, -0.2) is 14.2 Å². The fourth-order valence-corrected chi connectivity index (χ4v) is 2.23. The van der Waals surface area contributed by atoms with Crippen molar-refractivity contribution in [3.05, 3.63) is 70.3 Å². The zero-order valence-corrected chi connectivity index (χ0v) is 11.6. The van der Waals surface area contributed by atoms with Gasteiger partial charge in [-0.05, 0) is 36.1 Å². The molecular weight excluding hydrogens is 258 g/mol. The lowest BCUT2D eigenvalue weighted by Gasteiger charge is -2.19. The molecule has 0 bridgehead atoms. The summed E-state index contributed by atoms with van der Waals surface area (Å²) < 4.78 is 28.2. The quantitative estimate of drug-likeness (QED) is 0.663. The highest BCUT2D eigenvalue weighted by molar-refractivity contribution is 5.37.